The quantitative estimate of drug-likeness (QED) is 0.440. The second-order valence-electron chi connectivity index (χ2n) is 5.86. The summed E-state index contributed by atoms with van der Waals surface area (Å²) < 4.78 is 5.72. The van der Waals surface area contributed by atoms with Crippen molar-refractivity contribution in [2.45, 2.75) is 38.6 Å². The molecule has 1 aliphatic carbocycles. The van der Waals surface area contributed by atoms with Crippen LogP contribution in [0, 0.1) is 5.92 Å². The number of para-hydroxylation sites is 1. The van der Waals surface area contributed by atoms with Gasteiger partial charge in [0.15, 0.2) is 5.96 Å². The molecule has 2 aliphatic rings. The van der Waals surface area contributed by atoms with Gasteiger partial charge in [-0.05, 0) is 25.3 Å². The van der Waals surface area contributed by atoms with E-state index in [0.29, 0.717) is 0 Å². The Morgan fingerprint density at radius 3 is 2.86 bits per heavy atom. The molecule has 0 bridgehead atoms. The first-order valence-corrected chi connectivity index (χ1v) is 8.13. The largest absolute Gasteiger partial charge is 0.493 e. The van der Waals surface area contributed by atoms with Crippen LogP contribution in [0.4, 0.5) is 0 Å². The first kappa shape index (κ1) is 17.4. The molecular weight excluding hydrogens is 389 g/mol. The number of hydrogen-bond donors (Lipinski definition) is 2. The number of halogens is 1. The van der Waals surface area contributed by atoms with Crippen LogP contribution in [0.15, 0.2) is 29.3 Å². The van der Waals surface area contributed by atoms with Crippen LogP contribution in [0.25, 0.3) is 0 Å². The van der Waals surface area contributed by atoms with Crippen LogP contribution < -0.4 is 15.4 Å². The lowest BCUT2D eigenvalue weighted by Gasteiger charge is -2.28. The average molecular weight is 415 g/mol. The summed E-state index contributed by atoms with van der Waals surface area (Å²) in [5.74, 6) is 2.86. The first-order chi connectivity index (χ1) is 10.4. The predicted octanol–water partition coefficient (Wildman–Crippen LogP) is 3.48. The maximum atomic E-state index is 5.72. The fourth-order valence-corrected chi connectivity index (χ4v) is 2.74. The van der Waals surface area contributed by atoms with Gasteiger partial charge in [0.25, 0.3) is 0 Å². The molecule has 5 heteroatoms. The lowest BCUT2D eigenvalue weighted by atomic mass is 10.0. The summed E-state index contributed by atoms with van der Waals surface area (Å²) in [5, 5.41) is 6.92. The highest BCUT2D eigenvalue weighted by atomic mass is 127. The summed E-state index contributed by atoms with van der Waals surface area (Å²) in [6, 6.07) is 8.56. The summed E-state index contributed by atoms with van der Waals surface area (Å²) in [5.41, 5.74) is 1.23. The number of rotatable bonds is 5. The normalized spacial score (nSPS) is 20.4. The number of nitrogens with zero attached hydrogens (tertiary/aromatic N) is 1. The molecule has 1 fully saturated rings. The summed E-state index contributed by atoms with van der Waals surface area (Å²) in [4.78, 5) is 4.71. The van der Waals surface area contributed by atoms with E-state index in [1.165, 1.54) is 24.8 Å². The minimum absolute atomic E-state index is 0. The molecule has 1 atom stereocenters. The molecule has 1 aromatic rings. The van der Waals surface area contributed by atoms with E-state index in [1.54, 1.807) is 0 Å². The highest BCUT2D eigenvalue weighted by molar-refractivity contribution is 14.0. The van der Waals surface area contributed by atoms with Crippen molar-refractivity contribution in [3.63, 3.8) is 0 Å². The Bertz CT molecular complexity index is 502. The molecule has 22 heavy (non-hydrogen) atoms. The Morgan fingerprint density at radius 1 is 1.27 bits per heavy atom. The summed E-state index contributed by atoms with van der Waals surface area (Å²) in [7, 11) is 0. The number of guanidine groups is 1. The second-order valence-corrected chi connectivity index (χ2v) is 5.86. The van der Waals surface area contributed by atoms with Gasteiger partial charge < -0.3 is 15.4 Å². The molecule has 0 saturated heterocycles. The molecule has 0 radical (unpaired) electrons. The lowest BCUT2D eigenvalue weighted by Crippen LogP contribution is -2.41. The Hall–Kier alpha value is -0.980. The molecule has 0 spiro atoms. The van der Waals surface area contributed by atoms with Crippen molar-refractivity contribution < 1.29 is 4.74 Å². The summed E-state index contributed by atoms with van der Waals surface area (Å²) >= 11 is 0. The van der Waals surface area contributed by atoms with Gasteiger partial charge in [0.2, 0.25) is 0 Å². The first-order valence-electron chi connectivity index (χ1n) is 8.13. The van der Waals surface area contributed by atoms with Crippen molar-refractivity contribution in [2.24, 2.45) is 10.9 Å². The number of ether oxygens (including phenoxy) is 1. The van der Waals surface area contributed by atoms with Crippen LogP contribution in [0.3, 0.4) is 0 Å². The monoisotopic (exact) mass is 415 g/mol. The summed E-state index contributed by atoms with van der Waals surface area (Å²) in [6.07, 6.45) is 4.99. The fourth-order valence-electron chi connectivity index (χ4n) is 2.74. The van der Waals surface area contributed by atoms with Crippen molar-refractivity contribution in [3.8, 4) is 5.75 Å². The van der Waals surface area contributed by atoms with Crippen molar-refractivity contribution in [1.29, 1.82) is 0 Å². The molecule has 1 aliphatic heterocycles. The standard InChI is InChI=1S/C17H25N3O.HI/c1-2-18-17(19-11-9-13-7-8-13)20-15-10-12-21-16-6-4-3-5-14(15)16;/h3-6,13,15H,2,7-12H2,1H3,(H2,18,19,20);1H. The van der Waals surface area contributed by atoms with Gasteiger partial charge in [-0.1, -0.05) is 31.0 Å². The van der Waals surface area contributed by atoms with Gasteiger partial charge in [0.05, 0.1) is 12.6 Å². The maximum Gasteiger partial charge on any atom is 0.191 e. The summed E-state index contributed by atoms with van der Waals surface area (Å²) in [6.45, 7) is 4.68. The smallest absolute Gasteiger partial charge is 0.191 e. The number of benzene rings is 1. The Morgan fingerprint density at radius 2 is 2.09 bits per heavy atom. The van der Waals surface area contributed by atoms with Gasteiger partial charge in [0, 0.05) is 25.1 Å². The number of aliphatic imine (C=N–C) groups is 1. The van der Waals surface area contributed by atoms with Crippen molar-refractivity contribution in [1.82, 2.24) is 10.6 Å². The molecule has 3 rings (SSSR count). The van der Waals surface area contributed by atoms with E-state index in [1.807, 2.05) is 12.1 Å². The average Bonchev–Trinajstić information content (AvgIpc) is 3.32. The minimum atomic E-state index is 0. The lowest BCUT2D eigenvalue weighted by molar-refractivity contribution is 0.261. The van der Waals surface area contributed by atoms with Crippen LogP contribution in [0.1, 0.15) is 44.2 Å². The molecule has 1 unspecified atom stereocenters. The molecule has 4 nitrogen and oxygen atoms in total. The molecule has 1 saturated carbocycles. The number of nitrogens with one attached hydrogen (secondary N) is 2. The Kier molecular flexibility index (Phi) is 6.79. The van der Waals surface area contributed by atoms with Gasteiger partial charge in [-0.2, -0.15) is 0 Å². The van der Waals surface area contributed by atoms with Gasteiger partial charge in [-0.25, -0.2) is 0 Å². The van der Waals surface area contributed by atoms with E-state index in [-0.39, 0.29) is 30.0 Å². The third kappa shape index (κ3) is 4.76. The number of hydrogen-bond acceptors (Lipinski definition) is 2. The van der Waals surface area contributed by atoms with E-state index < -0.39 is 0 Å². The molecular formula is C17H26IN3O. The van der Waals surface area contributed by atoms with E-state index in [9.17, 15) is 0 Å². The Labute approximate surface area is 150 Å². The topological polar surface area (TPSA) is 45.7 Å². The van der Waals surface area contributed by atoms with Crippen LogP contribution in [0.2, 0.25) is 0 Å². The van der Waals surface area contributed by atoms with Crippen molar-refractivity contribution in [2.75, 3.05) is 19.7 Å². The third-order valence-electron chi connectivity index (χ3n) is 4.12. The van der Waals surface area contributed by atoms with Gasteiger partial charge >= 0.3 is 0 Å². The zero-order chi connectivity index (χ0) is 14.5. The highest BCUT2D eigenvalue weighted by Crippen LogP contribution is 2.32. The zero-order valence-corrected chi connectivity index (χ0v) is 15.5. The maximum absolute atomic E-state index is 5.72. The molecule has 122 valence electrons. The van der Waals surface area contributed by atoms with Crippen LogP contribution in [-0.4, -0.2) is 25.7 Å². The molecule has 0 aromatic heterocycles. The molecule has 0 amide bonds. The number of fused-ring (bicyclic) bond motifs is 1. The van der Waals surface area contributed by atoms with Crippen LogP contribution in [-0.2, 0) is 0 Å². The van der Waals surface area contributed by atoms with Gasteiger partial charge in [0.1, 0.15) is 5.75 Å². The fraction of sp³-hybridized carbons (Fsp3) is 0.588. The second kappa shape index (κ2) is 8.60. The predicted molar refractivity (Wildman–Crippen MR) is 101 cm³/mol. The van der Waals surface area contributed by atoms with Gasteiger partial charge in [-0.15, -0.1) is 24.0 Å². The van der Waals surface area contributed by atoms with Gasteiger partial charge in [-0.3, -0.25) is 4.99 Å². The van der Waals surface area contributed by atoms with Crippen LogP contribution in [0.5, 0.6) is 5.75 Å². The molecule has 2 N–H and O–H groups in total. The van der Waals surface area contributed by atoms with E-state index >= 15 is 0 Å². The van der Waals surface area contributed by atoms with Crippen LogP contribution >= 0.6 is 24.0 Å². The minimum Gasteiger partial charge on any atom is -0.493 e. The van der Waals surface area contributed by atoms with E-state index in [4.69, 9.17) is 9.73 Å². The third-order valence-corrected chi connectivity index (χ3v) is 4.12. The van der Waals surface area contributed by atoms with E-state index in [0.717, 1.165) is 43.7 Å². The van der Waals surface area contributed by atoms with E-state index in [2.05, 4.69) is 29.7 Å². The van der Waals surface area contributed by atoms with Crippen molar-refractivity contribution in [3.05, 3.63) is 29.8 Å². The SMILES string of the molecule is CCNC(=NCCC1CC1)NC1CCOc2ccccc21.I. The molecule has 1 aromatic carbocycles. The Balaban J connectivity index is 0.00000176. The highest BCUT2D eigenvalue weighted by Gasteiger charge is 2.22. The zero-order valence-electron chi connectivity index (χ0n) is 13.2. The van der Waals surface area contributed by atoms with Crippen molar-refractivity contribution >= 4 is 29.9 Å². The molecule has 1 heterocycles.